The van der Waals surface area contributed by atoms with E-state index < -0.39 is 12.0 Å². The number of amides is 1. The lowest BCUT2D eigenvalue weighted by molar-refractivity contribution is -0.141. The fraction of sp³-hybridized carbons (Fsp3) is 0.500. The average Bonchev–Trinajstić information content (AvgIpc) is 2.94. The minimum atomic E-state index is -0.937. The van der Waals surface area contributed by atoms with Crippen molar-refractivity contribution < 1.29 is 19.4 Å². The van der Waals surface area contributed by atoms with Crippen LogP contribution in [0.1, 0.15) is 37.0 Å². The lowest BCUT2D eigenvalue weighted by Gasteiger charge is -2.21. The third-order valence-corrected chi connectivity index (χ3v) is 3.46. The molecular formula is C16H21NO4. The Morgan fingerprint density at radius 1 is 1.43 bits per heavy atom. The van der Waals surface area contributed by atoms with E-state index in [1.807, 2.05) is 0 Å². The van der Waals surface area contributed by atoms with Gasteiger partial charge in [-0.15, -0.1) is 0 Å². The van der Waals surface area contributed by atoms with E-state index in [-0.39, 0.29) is 5.91 Å². The smallest absolute Gasteiger partial charge is 0.326 e. The molecule has 2 rings (SSSR count). The van der Waals surface area contributed by atoms with Crippen LogP contribution in [0.25, 0.3) is 0 Å². The van der Waals surface area contributed by atoms with Gasteiger partial charge in [-0.3, -0.25) is 4.79 Å². The molecule has 0 radical (unpaired) electrons. The number of likely N-dealkylation sites (tertiary alicyclic amines) is 1. The van der Waals surface area contributed by atoms with Crippen LogP contribution in [0.15, 0.2) is 24.3 Å². The van der Waals surface area contributed by atoms with E-state index in [4.69, 9.17) is 9.84 Å². The molecule has 0 aliphatic carbocycles. The van der Waals surface area contributed by atoms with E-state index in [1.54, 1.807) is 24.3 Å². The Bertz CT molecular complexity index is 527. The van der Waals surface area contributed by atoms with Gasteiger partial charge in [0.2, 0.25) is 0 Å². The van der Waals surface area contributed by atoms with Gasteiger partial charge >= 0.3 is 5.97 Å². The Kier molecular flexibility index (Phi) is 4.83. The van der Waals surface area contributed by atoms with Crippen LogP contribution in [0, 0.1) is 5.92 Å². The summed E-state index contributed by atoms with van der Waals surface area (Å²) < 4.78 is 5.61. The first kappa shape index (κ1) is 15.4. The molecule has 0 bridgehead atoms. The number of aliphatic carboxylic acids is 1. The Hall–Kier alpha value is -2.04. The zero-order valence-corrected chi connectivity index (χ0v) is 12.4. The molecule has 5 heteroatoms. The number of carbonyl (C=O) groups excluding carboxylic acids is 1. The molecule has 1 N–H and O–H groups in total. The van der Waals surface area contributed by atoms with Crippen LogP contribution >= 0.6 is 0 Å². The molecule has 114 valence electrons. The van der Waals surface area contributed by atoms with Crippen molar-refractivity contribution >= 4 is 11.9 Å². The summed E-state index contributed by atoms with van der Waals surface area (Å²) in [4.78, 5) is 25.1. The molecule has 0 saturated carbocycles. The van der Waals surface area contributed by atoms with Crippen molar-refractivity contribution in [1.29, 1.82) is 0 Å². The van der Waals surface area contributed by atoms with E-state index in [0.29, 0.717) is 36.8 Å². The molecule has 0 spiro atoms. The Labute approximate surface area is 124 Å². The molecule has 5 nitrogen and oxygen atoms in total. The normalized spacial score (nSPS) is 18.0. The molecule has 1 heterocycles. The van der Waals surface area contributed by atoms with Gasteiger partial charge in [0.1, 0.15) is 11.8 Å². The standard InChI is InChI=1S/C16H21NO4/c1-11(2)10-21-13-6-3-5-12(9-13)15(18)17-8-4-7-14(17)16(19)20/h3,5-6,9,11,14H,4,7-8,10H2,1-2H3,(H,19,20). The topological polar surface area (TPSA) is 66.8 Å². The van der Waals surface area contributed by atoms with Gasteiger partial charge in [0.25, 0.3) is 5.91 Å². The second-order valence-electron chi connectivity index (χ2n) is 5.73. The molecule has 1 unspecified atom stereocenters. The summed E-state index contributed by atoms with van der Waals surface area (Å²) in [7, 11) is 0. The number of rotatable bonds is 5. The van der Waals surface area contributed by atoms with Gasteiger partial charge in [-0.25, -0.2) is 4.79 Å². The van der Waals surface area contributed by atoms with Crippen molar-refractivity contribution in [3.8, 4) is 5.75 Å². The fourth-order valence-corrected chi connectivity index (χ4v) is 2.41. The van der Waals surface area contributed by atoms with Gasteiger partial charge < -0.3 is 14.7 Å². The maximum atomic E-state index is 12.5. The van der Waals surface area contributed by atoms with Gasteiger partial charge in [-0.2, -0.15) is 0 Å². The van der Waals surface area contributed by atoms with Crippen LogP contribution in [-0.4, -0.2) is 41.1 Å². The predicted octanol–water partition coefficient (Wildman–Crippen LogP) is 2.41. The second-order valence-corrected chi connectivity index (χ2v) is 5.73. The van der Waals surface area contributed by atoms with Gasteiger partial charge in [0, 0.05) is 12.1 Å². The Morgan fingerprint density at radius 2 is 2.19 bits per heavy atom. The van der Waals surface area contributed by atoms with E-state index in [1.165, 1.54) is 4.90 Å². The van der Waals surface area contributed by atoms with E-state index >= 15 is 0 Å². The molecule has 1 atom stereocenters. The van der Waals surface area contributed by atoms with Gasteiger partial charge in [-0.05, 0) is 37.0 Å². The average molecular weight is 291 g/mol. The second kappa shape index (κ2) is 6.61. The number of hydrogen-bond acceptors (Lipinski definition) is 3. The summed E-state index contributed by atoms with van der Waals surface area (Å²) in [5.74, 6) is -0.136. The molecule has 0 aromatic heterocycles. The molecular weight excluding hydrogens is 270 g/mol. The van der Waals surface area contributed by atoms with Crippen molar-refractivity contribution in [1.82, 2.24) is 4.90 Å². The zero-order valence-electron chi connectivity index (χ0n) is 12.4. The summed E-state index contributed by atoms with van der Waals surface area (Å²) in [6.07, 6.45) is 1.25. The third kappa shape index (κ3) is 3.74. The van der Waals surface area contributed by atoms with E-state index in [0.717, 1.165) is 6.42 Å². The largest absolute Gasteiger partial charge is 0.493 e. The highest BCUT2D eigenvalue weighted by molar-refractivity contribution is 5.97. The van der Waals surface area contributed by atoms with Gasteiger partial charge in [0.15, 0.2) is 0 Å². The highest BCUT2D eigenvalue weighted by Crippen LogP contribution is 2.22. The third-order valence-electron chi connectivity index (χ3n) is 3.46. The van der Waals surface area contributed by atoms with Crippen molar-refractivity contribution in [3.05, 3.63) is 29.8 Å². The first-order valence-corrected chi connectivity index (χ1v) is 7.25. The number of carbonyl (C=O) groups is 2. The Balaban J connectivity index is 2.12. The lowest BCUT2D eigenvalue weighted by atomic mass is 10.1. The highest BCUT2D eigenvalue weighted by Gasteiger charge is 2.34. The quantitative estimate of drug-likeness (QED) is 0.904. The predicted molar refractivity (Wildman–Crippen MR) is 78.5 cm³/mol. The Morgan fingerprint density at radius 3 is 2.86 bits per heavy atom. The highest BCUT2D eigenvalue weighted by atomic mass is 16.5. The monoisotopic (exact) mass is 291 g/mol. The molecule has 1 fully saturated rings. The molecule has 1 aliphatic heterocycles. The lowest BCUT2D eigenvalue weighted by Crippen LogP contribution is -2.40. The van der Waals surface area contributed by atoms with Crippen molar-refractivity contribution in [2.24, 2.45) is 5.92 Å². The molecule has 1 aliphatic rings. The first-order chi connectivity index (χ1) is 9.99. The number of hydrogen-bond donors (Lipinski definition) is 1. The molecule has 21 heavy (non-hydrogen) atoms. The van der Waals surface area contributed by atoms with E-state index in [2.05, 4.69) is 13.8 Å². The summed E-state index contributed by atoms with van der Waals surface area (Å²) >= 11 is 0. The summed E-state index contributed by atoms with van der Waals surface area (Å²) in [6.45, 7) is 5.18. The number of carboxylic acid groups (broad SMARTS) is 1. The van der Waals surface area contributed by atoms with E-state index in [9.17, 15) is 9.59 Å². The van der Waals surface area contributed by atoms with Crippen molar-refractivity contribution in [3.63, 3.8) is 0 Å². The minimum absolute atomic E-state index is 0.241. The molecule has 1 saturated heterocycles. The van der Waals surface area contributed by atoms with Crippen LogP contribution in [-0.2, 0) is 4.79 Å². The fourth-order valence-electron chi connectivity index (χ4n) is 2.41. The SMILES string of the molecule is CC(C)COc1cccc(C(=O)N2CCCC2C(=O)O)c1. The molecule has 1 aromatic rings. The minimum Gasteiger partial charge on any atom is -0.493 e. The van der Waals surface area contributed by atoms with Crippen LogP contribution in [0.5, 0.6) is 5.75 Å². The summed E-state index contributed by atoms with van der Waals surface area (Å²) in [5, 5.41) is 9.16. The van der Waals surface area contributed by atoms with Crippen LogP contribution in [0.3, 0.4) is 0 Å². The number of ether oxygens (including phenoxy) is 1. The maximum Gasteiger partial charge on any atom is 0.326 e. The molecule has 1 aromatic carbocycles. The van der Waals surface area contributed by atoms with Crippen LogP contribution in [0.2, 0.25) is 0 Å². The van der Waals surface area contributed by atoms with Crippen LogP contribution in [0.4, 0.5) is 0 Å². The van der Waals surface area contributed by atoms with Crippen molar-refractivity contribution in [2.75, 3.05) is 13.2 Å². The van der Waals surface area contributed by atoms with Crippen molar-refractivity contribution in [2.45, 2.75) is 32.7 Å². The number of nitrogens with zero attached hydrogens (tertiary/aromatic N) is 1. The number of benzene rings is 1. The summed E-state index contributed by atoms with van der Waals surface area (Å²) in [5.41, 5.74) is 0.476. The van der Waals surface area contributed by atoms with Gasteiger partial charge in [0.05, 0.1) is 6.61 Å². The zero-order chi connectivity index (χ0) is 15.4. The molecule has 1 amide bonds. The summed E-state index contributed by atoms with van der Waals surface area (Å²) in [6, 6.07) is 6.23. The maximum absolute atomic E-state index is 12.5. The number of carboxylic acids is 1. The van der Waals surface area contributed by atoms with Crippen LogP contribution < -0.4 is 4.74 Å². The van der Waals surface area contributed by atoms with Gasteiger partial charge in [-0.1, -0.05) is 19.9 Å². The first-order valence-electron chi connectivity index (χ1n) is 7.25.